The molecule has 0 aromatic rings. The topological polar surface area (TPSA) is 40.5 Å². The van der Waals surface area contributed by atoms with Crippen LogP contribution in [-0.2, 0) is 0 Å². The van der Waals surface area contributed by atoms with Gasteiger partial charge in [0.2, 0.25) is 0 Å². The summed E-state index contributed by atoms with van der Waals surface area (Å²) < 4.78 is 8.85. The Balaban J connectivity index is 2.58. The Morgan fingerprint density at radius 2 is 2.38 bits per heavy atom. The van der Waals surface area contributed by atoms with Crippen molar-refractivity contribution in [2.24, 2.45) is 0 Å². The molecule has 46 valence electrons. The van der Waals surface area contributed by atoms with E-state index in [1.165, 1.54) is 6.08 Å². The van der Waals surface area contributed by atoms with E-state index >= 15 is 0 Å². The van der Waals surface area contributed by atoms with E-state index in [0.717, 1.165) is 0 Å². The molecule has 3 heteroatoms. The maximum absolute atomic E-state index is 8.85. The molecular formula is C5H8O2S. The molecule has 0 aliphatic carbocycles. The molecule has 2 nitrogen and oxygen atoms in total. The van der Waals surface area contributed by atoms with E-state index in [-0.39, 0.29) is 5.76 Å². The van der Waals surface area contributed by atoms with Crippen molar-refractivity contribution in [1.82, 2.24) is 0 Å². The molecule has 0 amide bonds. The van der Waals surface area contributed by atoms with E-state index in [0.29, 0.717) is 5.75 Å². The Morgan fingerprint density at radius 3 is 2.75 bits per heavy atom. The summed E-state index contributed by atoms with van der Waals surface area (Å²) in [6.07, 6.45) is 3.14. The summed E-state index contributed by atoms with van der Waals surface area (Å²) in [5.41, 5.74) is 0. The van der Waals surface area contributed by atoms with Crippen LogP contribution in [0.3, 0.4) is 0 Å². The minimum atomic E-state index is -0.935. The van der Waals surface area contributed by atoms with E-state index in [9.17, 15) is 0 Å². The first-order valence-corrected chi connectivity index (χ1v) is 3.87. The molecule has 0 radical (unpaired) electrons. The molecule has 1 heterocycles. The van der Waals surface area contributed by atoms with Crippen LogP contribution < -0.4 is 0 Å². The summed E-state index contributed by atoms with van der Waals surface area (Å²) in [7, 11) is 0. The quantitative estimate of drug-likeness (QED) is 0.436. The highest BCUT2D eigenvalue weighted by molar-refractivity contribution is 8.14. The number of allylic oxidation sites excluding steroid dienone is 1. The van der Waals surface area contributed by atoms with Crippen LogP contribution in [0.2, 0.25) is 0 Å². The molecule has 2 N–H and O–H groups in total. The monoisotopic (exact) mass is 132 g/mol. The summed E-state index contributed by atoms with van der Waals surface area (Å²) in [6.45, 7) is 0. The van der Waals surface area contributed by atoms with Gasteiger partial charge in [-0.05, 0) is 17.6 Å². The van der Waals surface area contributed by atoms with Gasteiger partial charge < -0.3 is 9.66 Å². The number of rotatable bonds is 0. The summed E-state index contributed by atoms with van der Waals surface area (Å²) in [5.74, 6) is 0.857. The standard InChI is InChI=1S/C5H8O2S/c6-5-1-3-8(7)4-2-5/h1-3,6-8H,4H2. The van der Waals surface area contributed by atoms with Gasteiger partial charge in [0.25, 0.3) is 0 Å². The van der Waals surface area contributed by atoms with Gasteiger partial charge in [-0.2, -0.15) is 0 Å². The average Bonchev–Trinajstić information content (AvgIpc) is 1.77. The van der Waals surface area contributed by atoms with Gasteiger partial charge >= 0.3 is 0 Å². The molecule has 0 bridgehead atoms. The molecule has 0 aromatic carbocycles. The fourth-order valence-corrected chi connectivity index (χ4v) is 1.30. The third-order valence-corrected chi connectivity index (χ3v) is 1.95. The minimum absolute atomic E-state index is 0.262. The Labute approximate surface area is 50.7 Å². The van der Waals surface area contributed by atoms with Crippen LogP contribution in [0.25, 0.3) is 0 Å². The van der Waals surface area contributed by atoms with E-state index in [1.807, 2.05) is 0 Å². The number of hydrogen-bond donors (Lipinski definition) is 3. The maximum Gasteiger partial charge on any atom is 0.112 e. The second-order valence-corrected chi connectivity index (χ2v) is 3.11. The van der Waals surface area contributed by atoms with Crippen molar-refractivity contribution in [1.29, 1.82) is 0 Å². The van der Waals surface area contributed by atoms with Gasteiger partial charge in [0.1, 0.15) is 5.76 Å². The first-order valence-electron chi connectivity index (χ1n) is 2.32. The SMILES string of the molecule is OC1=CC[SH](O)C=C1. The first-order chi connectivity index (χ1) is 3.79. The van der Waals surface area contributed by atoms with Crippen molar-refractivity contribution >= 4 is 11.2 Å². The van der Waals surface area contributed by atoms with Crippen molar-refractivity contribution in [3.05, 3.63) is 23.3 Å². The third kappa shape index (κ3) is 1.28. The lowest BCUT2D eigenvalue weighted by atomic mass is 10.4. The Bertz CT molecular complexity index is 139. The predicted molar refractivity (Wildman–Crippen MR) is 36.3 cm³/mol. The lowest BCUT2D eigenvalue weighted by Crippen LogP contribution is -1.88. The van der Waals surface area contributed by atoms with Crippen molar-refractivity contribution in [2.45, 2.75) is 0 Å². The highest BCUT2D eigenvalue weighted by Gasteiger charge is 1.97. The van der Waals surface area contributed by atoms with Gasteiger partial charge in [-0.1, -0.05) is 0 Å². The molecule has 1 unspecified atom stereocenters. The second-order valence-electron chi connectivity index (χ2n) is 1.57. The van der Waals surface area contributed by atoms with Crippen LogP contribution in [0.5, 0.6) is 0 Å². The molecule has 0 saturated carbocycles. The molecule has 0 spiro atoms. The Kier molecular flexibility index (Phi) is 1.60. The molecule has 1 aliphatic heterocycles. The molecule has 0 saturated heterocycles. The summed E-state index contributed by atoms with van der Waals surface area (Å²) in [5, 5.41) is 10.3. The van der Waals surface area contributed by atoms with Gasteiger partial charge in [-0.15, -0.1) is 11.2 Å². The van der Waals surface area contributed by atoms with Crippen LogP contribution in [-0.4, -0.2) is 15.4 Å². The van der Waals surface area contributed by atoms with Crippen molar-refractivity contribution < 1.29 is 9.66 Å². The lowest BCUT2D eigenvalue weighted by molar-refractivity contribution is 0.431. The van der Waals surface area contributed by atoms with Gasteiger partial charge in [-0.25, -0.2) is 0 Å². The molecule has 1 rings (SSSR count). The average molecular weight is 132 g/mol. The summed E-state index contributed by atoms with van der Waals surface area (Å²) >= 11 is -0.935. The minimum Gasteiger partial charge on any atom is -0.508 e. The van der Waals surface area contributed by atoms with Gasteiger partial charge in [-0.3, -0.25) is 0 Å². The molecule has 1 atom stereocenters. The molecule has 8 heavy (non-hydrogen) atoms. The van der Waals surface area contributed by atoms with Crippen molar-refractivity contribution in [3.8, 4) is 0 Å². The Morgan fingerprint density at radius 1 is 1.62 bits per heavy atom. The van der Waals surface area contributed by atoms with Crippen LogP contribution in [0.1, 0.15) is 0 Å². The third-order valence-electron chi connectivity index (χ3n) is 0.905. The Hall–Kier alpha value is -0.410. The zero-order valence-corrected chi connectivity index (χ0v) is 5.18. The van der Waals surface area contributed by atoms with Crippen LogP contribution in [0.4, 0.5) is 0 Å². The van der Waals surface area contributed by atoms with Gasteiger partial charge in [0.15, 0.2) is 0 Å². The summed E-state index contributed by atoms with van der Waals surface area (Å²) in [6, 6.07) is 0. The van der Waals surface area contributed by atoms with Gasteiger partial charge in [0, 0.05) is 5.75 Å². The molecular weight excluding hydrogens is 124 g/mol. The number of aliphatic hydroxyl groups excluding tert-OH is 1. The number of hydrogen-bond acceptors (Lipinski definition) is 2. The lowest BCUT2D eigenvalue weighted by Gasteiger charge is -2.09. The molecule has 1 aliphatic rings. The maximum atomic E-state index is 8.85. The van der Waals surface area contributed by atoms with Crippen LogP contribution in [0.15, 0.2) is 23.3 Å². The predicted octanol–water partition coefficient (Wildman–Crippen LogP) is 1.43. The smallest absolute Gasteiger partial charge is 0.112 e. The van der Waals surface area contributed by atoms with Crippen LogP contribution in [0, 0.1) is 0 Å². The van der Waals surface area contributed by atoms with Crippen molar-refractivity contribution in [2.75, 3.05) is 5.75 Å². The highest BCUT2D eigenvalue weighted by Crippen LogP contribution is 2.25. The summed E-state index contributed by atoms with van der Waals surface area (Å²) in [4.78, 5) is 0. The number of aliphatic hydroxyl groups is 1. The first kappa shape index (κ1) is 5.72. The number of thiol groups is 1. The van der Waals surface area contributed by atoms with Gasteiger partial charge in [0.05, 0.1) is 0 Å². The molecule has 0 aromatic heterocycles. The second kappa shape index (κ2) is 2.24. The fourth-order valence-electron chi connectivity index (χ4n) is 0.478. The highest BCUT2D eigenvalue weighted by atomic mass is 32.2. The zero-order chi connectivity index (χ0) is 5.98. The van der Waals surface area contributed by atoms with E-state index in [4.69, 9.17) is 9.66 Å². The van der Waals surface area contributed by atoms with Crippen molar-refractivity contribution in [3.63, 3.8) is 0 Å². The van der Waals surface area contributed by atoms with Crippen LogP contribution >= 0.6 is 11.2 Å². The largest absolute Gasteiger partial charge is 0.508 e. The molecule has 0 fully saturated rings. The van der Waals surface area contributed by atoms with E-state index in [1.54, 1.807) is 11.5 Å². The zero-order valence-electron chi connectivity index (χ0n) is 4.28. The van der Waals surface area contributed by atoms with E-state index in [2.05, 4.69) is 0 Å². The fraction of sp³-hybridized carbons (Fsp3) is 0.200. The van der Waals surface area contributed by atoms with E-state index < -0.39 is 11.2 Å². The normalized spacial score (nSPS) is 32.1.